The first-order chi connectivity index (χ1) is 8.66. The third kappa shape index (κ3) is 1.73. The molecule has 0 aliphatic heterocycles. The van der Waals surface area contributed by atoms with Crippen LogP contribution in [0.2, 0.25) is 5.02 Å². The molecule has 1 aromatic heterocycles. The molecule has 18 heavy (non-hydrogen) atoms. The highest BCUT2D eigenvalue weighted by Gasteiger charge is 2.22. The van der Waals surface area contributed by atoms with Crippen molar-refractivity contribution in [3.8, 4) is 5.69 Å². The molecule has 2 aromatic rings. The number of nitrogens with zero attached hydrogens (tertiary/aromatic N) is 2. The molecule has 0 amide bonds. The smallest absolute Gasteiger partial charge is 0.166 e. The third-order valence-corrected chi connectivity index (χ3v) is 3.44. The van der Waals surface area contributed by atoms with Gasteiger partial charge in [-0.1, -0.05) is 11.6 Å². The highest BCUT2D eigenvalue weighted by Crippen LogP contribution is 2.25. The molecule has 0 saturated carbocycles. The fraction of sp³-hybridized carbons (Fsp3) is 0.231. The molecular weight excluding hydrogens is 255 g/mol. The van der Waals surface area contributed by atoms with Gasteiger partial charge in [0.1, 0.15) is 5.82 Å². The van der Waals surface area contributed by atoms with Gasteiger partial charge in [0.15, 0.2) is 5.78 Å². The fourth-order valence-electron chi connectivity index (χ4n) is 2.24. The number of hydrogen-bond acceptors (Lipinski definition) is 2. The van der Waals surface area contributed by atoms with E-state index in [4.69, 9.17) is 11.6 Å². The van der Waals surface area contributed by atoms with E-state index in [1.54, 1.807) is 16.9 Å². The van der Waals surface area contributed by atoms with Gasteiger partial charge in [0.05, 0.1) is 28.2 Å². The minimum absolute atomic E-state index is 0.0795. The maximum atomic E-state index is 13.4. The van der Waals surface area contributed by atoms with Crippen LogP contribution < -0.4 is 0 Å². The lowest BCUT2D eigenvalue weighted by atomic mass is 9.97. The van der Waals surface area contributed by atoms with Crippen LogP contribution in [0.4, 0.5) is 4.39 Å². The van der Waals surface area contributed by atoms with E-state index in [9.17, 15) is 9.18 Å². The third-order valence-electron chi connectivity index (χ3n) is 3.13. The number of rotatable bonds is 1. The molecule has 3 nitrogen and oxygen atoms in total. The van der Waals surface area contributed by atoms with Crippen LogP contribution in [0.1, 0.15) is 28.9 Å². The second-order valence-electron chi connectivity index (χ2n) is 4.29. The van der Waals surface area contributed by atoms with Crippen molar-refractivity contribution in [1.82, 2.24) is 9.78 Å². The van der Waals surface area contributed by atoms with Crippen LogP contribution in [-0.4, -0.2) is 15.6 Å². The van der Waals surface area contributed by atoms with Gasteiger partial charge < -0.3 is 0 Å². The molecule has 1 aromatic carbocycles. The van der Waals surface area contributed by atoms with Crippen molar-refractivity contribution in [3.05, 3.63) is 46.5 Å². The molecular formula is C13H10ClFN2O. The topological polar surface area (TPSA) is 34.9 Å². The van der Waals surface area contributed by atoms with E-state index in [0.717, 1.165) is 18.5 Å². The van der Waals surface area contributed by atoms with Crippen molar-refractivity contribution in [2.75, 3.05) is 0 Å². The first-order valence-corrected chi connectivity index (χ1v) is 6.10. The zero-order valence-corrected chi connectivity index (χ0v) is 10.2. The molecule has 5 heteroatoms. The molecule has 0 bridgehead atoms. The largest absolute Gasteiger partial charge is 0.294 e. The van der Waals surface area contributed by atoms with Gasteiger partial charge in [0, 0.05) is 12.5 Å². The molecule has 0 spiro atoms. The van der Waals surface area contributed by atoms with E-state index in [2.05, 4.69) is 5.10 Å². The first-order valence-electron chi connectivity index (χ1n) is 5.72. The van der Waals surface area contributed by atoms with Gasteiger partial charge in [-0.05, 0) is 25.0 Å². The van der Waals surface area contributed by atoms with E-state index < -0.39 is 5.82 Å². The standard InChI is InChI=1S/C13H10ClFN2O/c14-10-5-4-8(6-11(10)15)17-12-2-1-3-13(18)9(12)7-16-17/h4-7H,1-3H2. The molecule has 0 unspecified atom stereocenters. The Morgan fingerprint density at radius 2 is 2.17 bits per heavy atom. The summed E-state index contributed by atoms with van der Waals surface area (Å²) in [6.45, 7) is 0. The van der Waals surface area contributed by atoms with Gasteiger partial charge >= 0.3 is 0 Å². The second kappa shape index (κ2) is 4.21. The van der Waals surface area contributed by atoms with Crippen molar-refractivity contribution in [1.29, 1.82) is 0 Å². The van der Waals surface area contributed by atoms with Gasteiger partial charge in [0.2, 0.25) is 0 Å². The van der Waals surface area contributed by atoms with E-state index in [0.29, 0.717) is 17.7 Å². The van der Waals surface area contributed by atoms with Crippen LogP contribution in [0, 0.1) is 5.82 Å². The monoisotopic (exact) mass is 264 g/mol. The lowest BCUT2D eigenvalue weighted by Gasteiger charge is -2.13. The zero-order valence-electron chi connectivity index (χ0n) is 9.49. The Balaban J connectivity index is 2.12. The molecule has 0 atom stereocenters. The summed E-state index contributed by atoms with van der Waals surface area (Å²) in [7, 11) is 0. The normalized spacial score (nSPS) is 14.7. The summed E-state index contributed by atoms with van der Waals surface area (Å²) in [6.07, 6.45) is 3.72. The van der Waals surface area contributed by atoms with Crippen LogP contribution in [0.5, 0.6) is 0 Å². The lowest BCUT2D eigenvalue weighted by Crippen LogP contribution is -2.12. The first kappa shape index (κ1) is 11.4. The fourth-order valence-corrected chi connectivity index (χ4v) is 2.36. The van der Waals surface area contributed by atoms with Crippen LogP contribution in [0.15, 0.2) is 24.4 Å². The van der Waals surface area contributed by atoms with Crippen molar-refractivity contribution in [2.45, 2.75) is 19.3 Å². The van der Waals surface area contributed by atoms with Crippen molar-refractivity contribution >= 4 is 17.4 Å². The summed E-state index contributed by atoms with van der Waals surface area (Å²) < 4.78 is 15.1. The molecule has 0 radical (unpaired) electrons. The van der Waals surface area contributed by atoms with Gasteiger partial charge in [-0.3, -0.25) is 4.79 Å². The number of fused-ring (bicyclic) bond motifs is 1. The molecule has 1 aliphatic rings. The van der Waals surface area contributed by atoms with Crippen LogP contribution in [0.3, 0.4) is 0 Å². The molecule has 0 N–H and O–H groups in total. The molecule has 3 rings (SSSR count). The molecule has 0 saturated heterocycles. The maximum absolute atomic E-state index is 13.4. The number of carbonyl (C=O) groups excluding carboxylic acids is 1. The summed E-state index contributed by atoms with van der Waals surface area (Å²) in [5.41, 5.74) is 2.09. The number of hydrogen-bond donors (Lipinski definition) is 0. The van der Waals surface area contributed by atoms with Crippen molar-refractivity contribution in [2.24, 2.45) is 0 Å². The predicted octanol–water partition coefficient (Wildman–Crippen LogP) is 3.18. The van der Waals surface area contributed by atoms with Gasteiger partial charge in [-0.15, -0.1) is 0 Å². The zero-order chi connectivity index (χ0) is 12.7. The van der Waals surface area contributed by atoms with Gasteiger partial charge in [-0.2, -0.15) is 5.10 Å². The Kier molecular flexibility index (Phi) is 2.67. The van der Waals surface area contributed by atoms with Gasteiger partial charge in [0.25, 0.3) is 0 Å². The molecule has 92 valence electrons. The number of Topliss-reactive ketones (excluding diaryl/α,β-unsaturated/α-hetero) is 1. The minimum Gasteiger partial charge on any atom is -0.294 e. The van der Waals surface area contributed by atoms with Crippen LogP contribution in [0.25, 0.3) is 5.69 Å². The predicted molar refractivity (Wildman–Crippen MR) is 65.8 cm³/mol. The Bertz CT molecular complexity index is 636. The SMILES string of the molecule is O=C1CCCc2c1cnn2-c1ccc(Cl)c(F)c1. The van der Waals surface area contributed by atoms with E-state index in [1.807, 2.05) is 0 Å². The van der Waals surface area contributed by atoms with Gasteiger partial charge in [-0.25, -0.2) is 9.07 Å². The average Bonchev–Trinajstić information content (AvgIpc) is 2.78. The number of aromatic nitrogens is 2. The summed E-state index contributed by atoms with van der Waals surface area (Å²) in [5.74, 6) is -0.377. The number of benzene rings is 1. The highest BCUT2D eigenvalue weighted by atomic mass is 35.5. The van der Waals surface area contributed by atoms with E-state index in [1.165, 1.54) is 12.1 Å². The quantitative estimate of drug-likeness (QED) is 0.793. The van der Waals surface area contributed by atoms with Crippen LogP contribution >= 0.6 is 11.6 Å². The average molecular weight is 265 g/mol. The lowest BCUT2D eigenvalue weighted by molar-refractivity contribution is 0.0972. The summed E-state index contributed by atoms with van der Waals surface area (Å²) >= 11 is 5.65. The summed E-state index contributed by atoms with van der Waals surface area (Å²) in [6, 6.07) is 4.51. The Morgan fingerprint density at radius 3 is 2.94 bits per heavy atom. The van der Waals surface area contributed by atoms with Crippen molar-refractivity contribution < 1.29 is 9.18 Å². The Labute approximate surface area is 108 Å². The molecule has 0 fully saturated rings. The molecule has 1 heterocycles. The van der Waals surface area contributed by atoms with Crippen LogP contribution in [-0.2, 0) is 6.42 Å². The summed E-state index contributed by atoms with van der Waals surface area (Å²) in [5, 5.41) is 4.25. The Hall–Kier alpha value is -1.68. The van der Waals surface area contributed by atoms with Crippen molar-refractivity contribution in [3.63, 3.8) is 0 Å². The molecule has 1 aliphatic carbocycles. The minimum atomic E-state index is -0.486. The maximum Gasteiger partial charge on any atom is 0.166 e. The summed E-state index contributed by atoms with van der Waals surface area (Å²) in [4.78, 5) is 11.7. The highest BCUT2D eigenvalue weighted by molar-refractivity contribution is 6.30. The number of ketones is 1. The second-order valence-corrected chi connectivity index (χ2v) is 4.70. The number of halogens is 2. The number of carbonyl (C=O) groups is 1. The van der Waals surface area contributed by atoms with E-state index in [-0.39, 0.29) is 10.8 Å². The Morgan fingerprint density at radius 1 is 1.33 bits per heavy atom. The van der Waals surface area contributed by atoms with E-state index >= 15 is 0 Å².